The van der Waals surface area contributed by atoms with E-state index in [2.05, 4.69) is 54.2 Å². The molecule has 1 aliphatic carbocycles. The highest BCUT2D eigenvalue weighted by Gasteiger charge is 2.47. The quantitative estimate of drug-likeness (QED) is 0.551. The number of aromatic amines is 1. The number of carbonyl (C=O) groups is 1. The normalized spacial score (nSPS) is 24.8. The first kappa shape index (κ1) is 28.4. The molecule has 8 nitrogen and oxygen atoms in total. The molecule has 1 amide bonds. The van der Waals surface area contributed by atoms with Crippen LogP contribution in [-0.4, -0.2) is 66.8 Å². The van der Waals surface area contributed by atoms with Crippen LogP contribution in [0.1, 0.15) is 77.3 Å². The maximum atomic E-state index is 13.6. The Hall–Kier alpha value is -3.10. The number of ether oxygens (including phenoxy) is 2. The van der Waals surface area contributed by atoms with Gasteiger partial charge in [-0.3, -0.25) is 9.59 Å². The Balaban J connectivity index is 1.46. The fourth-order valence-electron chi connectivity index (χ4n) is 6.52. The average Bonchev–Trinajstić information content (AvgIpc) is 3.28. The van der Waals surface area contributed by atoms with E-state index in [0.29, 0.717) is 22.9 Å². The third-order valence-electron chi connectivity index (χ3n) is 9.18. The summed E-state index contributed by atoms with van der Waals surface area (Å²) < 4.78 is 13.5. The number of hydrogen-bond acceptors (Lipinski definition) is 6. The molecule has 1 unspecified atom stereocenters. The van der Waals surface area contributed by atoms with Crippen molar-refractivity contribution in [2.24, 2.45) is 5.92 Å². The minimum absolute atomic E-state index is 0.157. The van der Waals surface area contributed by atoms with Crippen molar-refractivity contribution in [3.8, 4) is 11.5 Å². The number of nitrogens with one attached hydrogen (secondary N) is 2. The molecular weight excluding hydrogens is 504 g/mol. The lowest BCUT2D eigenvalue weighted by molar-refractivity contribution is -0.123. The number of hydrogen-bond donors (Lipinski definition) is 2. The Bertz CT molecular complexity index is 1390. The summed E-state index contributed by atoms with van der Waals surface area (Å²) in [5.74, 6) is 0.700. The summed E-state index contributed by atoms with van der Waals surface area (Å²) in [5.41, 5.74) is 5.50. The van der Waals surface area contributed by atoms with Crippen molar-refractivity contribution >= 4 is 11.5 Å². The van der Waals surface area contributed by atoms with Crippen LogP contribution in [0, 0.1) is 26.7 Å². The van der Waals surface area contributed by atoms with Gasteiger partial charge in [-0.25, -0.2) is 0 Å². The van der Waals surface area contributed by atoms with E-state index in [1.165, 1.54) is 5.57 Å². The number of aryl methyl sites for hydroxylation is 2. The second-order valence-electron chi connectivity index (χ2n) is 12.3. The predicted octanol–water partition coefficient (Wildman–Crippen LogP) is 4.56. The zero-order valence-corrected chi connectivity index (χ0v) is 25.1. The fourth-order valence-corrected chi connectivity index (χ4v) is 6.52. The smallest absolute Gasteiger partial charge is 0.253 e. The van der Waals surface area contributed by atoms with E-state index in [9.17, 15) is 9.59 Å². The van der Waals surface area contributed by atoms with Gasteiger partial charge in [-0.1, -0.05) is 6.08 Å². The molecule has 8 heteroatoms. The minimum Gasteiger partial charge on any atom is -0.448 e. The number of likely N-dealkylation sites (N-methyl/N-ethyl adjacent to an activating group) is 1. The van der Waals surface area contributed by atoms with E-state index in [0.717, 1.165) is 73.3 Å². The van der Waals surface area contributed by atoms with Gasteiger partial charge < -0.3 is 29.6 Å². The van der Waals surface area contributed by atoms with Crippen molar-refractivity contribution < 1.29 is 14.3 Å². The molecule has 1 aromatic heterocycles. The van der Waals surface area contributed by atoms with Gasteiger partial charge in [0.15, 0.2) is 11.5 Å². The molecule has 2 N–H and O–H groups in total. The summed E-state index contributed by atoms with van der Waals surface area (Å²) in [6.45, 7) is 9.69. The number of nitrogens with zero attached hydrogens (tertiary/aromatic N) is 2. The third kappa shape index (κ3) is 5.44. The summed E-state index contributed by atoms with van der Waals surface area (Å²) in [4.78, 5) is 33.6. The second kappa shape index (κ2) is 11.1. The first-order chi connectivity index (χ1) is 19.0. The molecule has 0 spiro atoms. The maximum Gasteiger partial charge on any atom is 0.253 e. The van der Waals surface area contributed by atoms with E-state index in [-0.39, 0.29) is 23.9 Å². The van der Waals surface area contributed by atoms with Crippen LogP contribution in [0.4, 0.5) is 0 Å². The Morgan fingerprint density at radius 2 is 1.82 bits per heavy atom. The van der Waals surface area contributed by atoms with Gasteiger partial charge in [-0.2, -0.15) is 0 Å². The van der Waals surface area contributed by atoms with Crippen molar-refractivity contribution in [1.29, 1.82) is 0 Å². The predicted molar refractivity (Wildman–Crippen MR) is 158 cm³/mol. The largest absolute Gasteiger partial charge is 0.448 e. The summed E-state index contributed by atoms with van der Waals surface area (Å²) in [5, 5.41) is 3.00. The van der Waals surface area contributed by atoms with Crippen LogP contribution < -0.4 is 20.3 Å². The highest BCUT2D eigenvalue weighted by molar-refractivity contribution is 5.98. The lowest BCUT2D eigenvalue weighted by Gasteiger charge is -2.39. The van der Waals surface area contributed by atoms with Gasteiger partial charge in [-0.05, 0) is 97.3 Å². The molecule has 1 saturated carbocycles. The third-order valence-corrected chi connectivity index (χ3v) is 9.18. The van der Waals surface area contributed by atoms with Gasteiger partial charge >= 0.3 is 0 Å². The van der Waals surface area contributed by atoms with E-state index in [4.69, 9.17) is 9.47 Å². The lowest BCUT2D eigenvalue weighted by Crippen LogP contribution is -2.46. The molecule has 5 rings (SSSR count). The van der Waals surface area contributed by atoms with Crippen LogP contribution in [0.2, 0.25) is 0 Å². The summed E-state index contributed by atoms with van der Waals surface area (Å²) in [7, 11) is 6.42. The number of benzene rings is 1. The van der Waals surface area contributed by atoms with Crippen molar-refractivity contribution in [3.05, 3.63) is 62.1 Å². The Morgan fingerprint density at radius 3 is 2.45 bits per heavy atom. The Morgan fingerprint density at radius 1 is 1.12 bits per heavy atom. The first-order valence-electron chi connectivity index (χ1n) is 14.5. The first-order valence-corrected chi connectivity index (χ1v) is 14.5. The van der Waals surface area contributed by atoms with Crippen LogP contribution in [0.25, 0.3) is 5.57 Å². The number of carbonyl (C=O) groups excluding carboxylic acids is 1. The van der Waals surface area contributed by atoms with Crippen LogP contribution in [-0.2, 0) is 6.54 Å². The average molecular weight is 549 g/mol. The number of H-pyrrole nitrogens is 1. The van der Waals surface area contributed by atoms with E-state index in [1.54, 1.807) is 0 Å². The summed E-state index contributed by atoms with van der Waals surface area (Å²) in [6, 6.07) is 4.47. The second-order valence-corrected chi connectivity index (χ2v) is 12.3. The molecule has 3 heterocycles. The van der Waals surface area contributed by atoms with Crippen molar-refractivity contribution in [2.75, 3.05) is 34.2 Å². The standard InChI is InChI=1S/C32H44N4O4/c1-19-16-20(2)34-31(38)27(19)18-33-30(37)25-17-26(22-12-14-36(7)15-13-22)29-28(21(25)3)39-32(4,40-29)23-8-10-24(11-9-23)35(5)6/h12,16-17,23-24H,8-11,13-15,18H2,1-7H3,(H,33,37)(H,34,38)/t23-,24-,32?. The van der Waals surface area contributed by atoms with Gasteiger partial charge in [0, 0.05) is 66.5 Å². The monoisotopic (exact) mass is 548 g/mol. The van der Waals surface area contributed by atoms with Gasteiger partial charge in [-0.15, -0.1) is 0 Å². The van der Waals surface area contributed by atoms with Crippen LogP contribution >= 0.6 is 0 Å². The molecule has 1 fully saturated rings. The van der Waals surface area contributed by atoms with Crippen molar-refractivity contribution in [3.63, 3.8) is 0 Å². The molecule has 2 aromatic rings. The molecule has 216 valence electrons. The van der Waals surface area contributed by atoms with Gasteiger partial charge in [0.05, 0.1) is 0 Å². The number of pyridine rings is 1. The van der Waals surface area contributed by atoms with Gasteiger partial charge in [0.25, 0.3) is 17.3 Å². The number of aromatic nitrogens is 1. The lowest BCUT2D eigenvalue weighted by atomic mass is 9.81. The molecule has 0 radical (unpaired) electrons. The van der Waals surface area contributed by atoms with Crippen LogP contribution in [0.3, 0.4) is 0 Å². The van der Waals surface area contributed by atoms with Crippen molar-refractivity contribution in [2.45, 2.75) is 78.2 Å². The van der Waals surface area contributed by atoms with Crippen molar-refractivity contribution in [1.82, 2.24) is 20.1 Å². The molecule has 0 bridgehead atoms. The molecule has 2 aliphatic heterocycles. The van der Waals surface area contributed by atoms with E-state index in [1.807, 2.05) is 32.9 Å². The minimum atomic E-state index is -0.771. The zero-order valence-electron chi connectivity index (χ0n) is 25.1. The molecule has 1 aromatic carbocycles. The SMILES string of the molecule is Cc1cc(C)c(CNC(=O)c2cc(C3=CCN(C)CC3)c3c(c2C)OC(C)([C@H]2CC[C@H](N(C)C)CC2)O3)c(=O)[nH]1. The highest BCUT2D eigenvalue weighted by atomic mass is 16.7. The highest BCUT2D eigenvalue weighted by Crippen LogP contribution is 2.52. The molecule has 1 atom stereocenters. The van der Waals surface area contributed by atoms with E-state index >= 15 is 0 Å². The fraction of sp³-hybridized carbons (Fsp3) is 0.562. The van der Waals surface area contributed by atoms with E-state index < -0.39 is 5.79 Å². The van der Waals surface area contributed by atoms with Crippen LogP contribution in [0.15, 0.2) is 23.0 Å². The van der Waals surface area contributed by atoms with Crippen LogP contribution in [0.5, 0.6) is 11.5 Å². The number of amides is 1. The molecule has 40 heavy (non-hydrogen) atoms. The summed E-state index contributed by atoms with van der Waals surface area (Å²) >= 11 is 0. The molecule has 0 saturated heterocycles. The topological polar surface area (TPSA) is 86.9 Å². The number of fused-ring (bicyclic) bond motifs is 1. The van der Waals surface area contributed by atoms with Gasteiger partial charge in [0.1, 0.15) is 0 Å². The molecule has 3 aliphatic rings. The maximum absolute atomic E-state index is 13.6. The molecular formula is C32H44N4O4. The summed E-state index contributed by atoms with van der Waals surface area (Å²) in [6.07, 6.45) is 7.40. The number of rotatable bonds is 6. The van der Waals surface area contributed by atoms with Gasteiger partial charge in [0.2, 0.25) is 0 Å². The zero-order chi connectivity index (χ0) is 28.8. The Kier molecular flexibility index (Phi) is 7.86. The Labute approximate surface area is 237 Å².